The summed E-state index contributed by atoms with van der Waals surface area (Å²) in [5.41, 5.74) is 1.19. The molecule has 1 nitrogen and oxygen atoms in total. The van der Waals surface area contributed by atoms with Crippen molar-refractivity contribution in [2.45, 2.75) is 34.1 Å². The van der Waals surface area contributed by atoms with Gasteiger partial charge in [0.25, 0.3) is 0 Å². The molecular formula is C12H22O. The molecule has 0 heterocycles. The second-order valence-corrected chi connectivity index (χ2v) is 2.14. The van der Waals surface area contributed by atoms with Crippen LogP contribution in [0.25, 0.3) is 0 Å². The molecule has 0 aromatic rings. The van der Waals surface area contributed by atoms with E-state index in [4.69, 9.17) is 4.74 Å². The van der Waals surface area contributed by atoms with Gasteiger partial charge in [-0.3, -0.25) is 0 Å². The van der Waals surface area contributed by atoms with Crippen LogP contribution in [0.3, 0.4) is 0 Å². The first-order valence-electron chi connectivity index (χ1n) is 4.82. The summed E-state index contributed by atoms with van der Waals surface area (Å²) in [6.07, 6.45) is 6.68. The van der Waals surface area contributed by atoms with Gasteiger partial charge in [0.1, 0.15) is 5.76 Å². The van der Waals surface area contributed by atoms with Gasteiger partial charge in [-0.2, -0.15) is 0 Å². The number of allylic oxidation sites excluding steroid dienone is 4. The molecule has 0 aliphatic carbocycles. The van der Waals surface area contributed by atoms with E-state index in [1.807, 2.05) is 32.9 Å². The maximum atomic E-state index is 5.15. The van der Waals surface area contributed by atoms with Crippen LogP contribution in [0.2, 0.25) is 0 Å². The van der Waals surface area contributed by atoms with Crippen LogP contribution in [-0.2, 0) is 4.74 Å². The molecular weight excluding hydrogens is 160 g/mol. The highest BCUT2D eigenvalue weighted by Crippen LogP contribution is 2.13. The Hall–Kier alpha value is -0.980. The van der Waals surface area contributed by atoms with E-state index in [-0.39, 0.29) is 0 Å². The lowest BCUT2D eigenvalue weighted by molar-refractivity contribution is 0.298. The zero-order valence-electron chi connectivity index (χ0n) is 9.55. The third-order valence-corrected chi connectivity index (χ3v) is 1.50. The maximum Gasteiger partial charge on any atom is 0.117 e. The lowest BCUT2D eigenvalue weighted by atomic mass is 10.1. The van der Waals surface area contributed by atoms with Gasteiger partial charge in [0.2, 0.25) is 0 Å². The first kappa shape index (κ1) is 14.5. The summed E-state index contributed by atoms with van der Waals surface area (Å²) in [5.74, 6) is 0.937. The van der Waals surface area contributed by atoms with Gasteiger partial charge in [-0.25, -0.2) is 0 Å². The highest BCUT2D eigenvalue weighted by atomic mass is 16.5. The molecule has 0 aromatic heterocycles. The first-order valence-corrected chi connectivity index (χ1v) is 4.82. The van der Waals surface area contributed by atoms with Crippen molar-refractivity contribution in [1.29, 1.82) is 0 Å². The minimum Gasteiger partial charge on any atom is -0.497 e. The van der Waals surface area contributed by atoms with Crippen LogP contribution in [-0.4, -0.2) is 7.11 Å². The summed E-state index contributed by atoms with van der Waals surface area (Å²) >= 11 is 0. The van der Waals surface area contributed by atoms with Gasteiger partial charge in [-0.05, 0) is 25.0 Å². The fourth-order valence-corrected chi connectivity index (χ4v) is 0.951. The van der Waals surface area contributed by atoms with Crippen LogP contribution in [0.4, 0.5) is 0 Å². The Morgan fingerprint density at radius 3 is 2.15 bits per heavy atom. The second-order valence-electron chi connectivity index (χ2n) is 2.14. The van der Waals surface area contributed by atoms with Gasteiger partial charge >= 0.3 is 0 Å². The van der Waals surface area contributed by atoms with Crippen molar-refractivity contribution >= 4 is 0 Å². The molecule has 0 fully saturated rings. The Balaban J connectivity index is 0. The molecule has 0 atom stereocenters. The largest absolute Gasteiger partial charge is 0.497 e. The van der Waals surface area contributed by atoms with Crippen LogP contribution in [0.5, 0.6) is 0 Å². The van der Waals surface area contributed by atoms with E-state index in [1.165, 1.54) is 5.57 Å². The van der Waals surface area contributed by atoms with E-state index >= 15 is 0 Å². The highest BCUT2D eigenvalue weighted by Gasteiger charge is 1.98. The SMILES string of the molecule is C=C/C=C(CC)\C(=C/C)OC.CC. The van der Waals surface area contributed by atoms with Crippen LogP contribution in [0.1, 0.15) is 34.1 Å². The average molecular weight is 182 g/mol. The smallest absolute Gasteiger partial charge is 0.117 e. The van der Waals surface area contributed by atoms with E-state index in [2.05, 4.69) is 13.5 Å². The molecule has 0 aromatic carbocycles. The van der Waals surface area contributed by atoms with Crippen LogP contribution >= 0.6 is 0 Å². The minimum absolute atomic E-state index is 0.937. The first-order chi connectivity index (χ1) is 6.29. The molecule has 0 spiro atoms. The van der Waals surface area contributed by atoms with Gasteiger partial charge in [0, 0.05) is 0 Å². The maximum absolute atomic E-state index is 5.15. The highest BCUT2D eigenvalue weighted by molar-refractivity contribution is 5.28. The molecule has 0 unspecified atom stereocenters. The third kappa shape index (κ3) is 6.21. The molecule has 0 bridgehead atoms. The molecule has 0 radical (unpaired) electrons. The summed E-state index contributed by atoms with van der Waals surface area (Å²) in [7, 11) is 1.68. The van der Waals surface area contributed by atoms with E-state index in [9.17, 15) is 0 Å². The zero-order chi connectivity index (χ0) is 10.7. The zero-order valence-corrected chi connectivity index (χ0v) is 9.55. The number of hydrogen-bond acceptors (Lipinski definition) is 1. The van der Waals surface area contributed by atoms with E-state index < -0.39 is 0 Å². The van der Waals surface area contributed by atoms with Crippen molar-refractivity contribution in [3.8, 4) is 0 Å². The molecule has 13 heavy (non-hydrogen) atoms. The lowest BCUT2D eigenvalue weighted by Gasteiger charge is -2.06. The minimum atomic E-state index is 0.937. The summed E-state index contributed by atoms with van der Waals surface area (Å²) in [4.78, 5) is 0. The predicted molar refractivity (Wildman–Crippen MR) is 60.7 cm³/mol. The van der Waals surface area contributed by atoms with Gasteiger partial charge in [0.05, 0.1) is 7.11 Å². The molecule has 0 N–H and O–H groups in total. The van der Waals surface area contributed by atoms with Crippen molar-refractivity contribution in [2.75, 3.05) is 7.11 Å². The van der Waals surface area contributed by atoms with Crippen molar-refractivity contribution in [2.24, 2.45) is 0 Å². The quantitative estimate of drug-likeness (QED) is 0.470. The second kappa shape index (κ2) is 11.0. The van der Waals surface area contributed by atoms with E-state index in [0.717, 1.165) is 12.2 Å². The Labute approximate surface area is 82.8 Å². The van der Waals surface area contributed by atoms with Crippen LogP contribution < -0.4 is 0 Å². The predicted octanol–water partition coefficient (Wildman–Crippen LogP) is 4.09. The number of hydrogen-bond donors (Lipinski definition) is 0. The van der Waals surface area contributed by atoms with Crippen molar-refractivity contribution in [3.63, 3.8) is 0 Å². The van der Waals surface area contributed by atoms with Crippen molar-refractivity contribution < 1.29 is 4.74 Å². The van der Waals surface area contributed by atoms with Gasteiger partial charge in [-0.15, -0.1) is 0 Å². The Kier molecular flexibility index (Phi) is 12.3. The molecule has 1 heteroatoms. The molecule has 0 aliphatic heterocycles. The van der Waals surface area contributed by atoms with Crippen molar-refractivity contribution in [3.05, 3.63) is 36.1 Å². The molecule has 0 amide bonds. The van der Waals surface area contributed by atoms with Crippen LogP contribution in [0, 0.1) is 0 Å². The third-order valence-electron chi connectivity index (χ3n) is 1.50. The van der Waals surface area contributed by atoms with Crippen LogP contribution in [0.15, 0.2) is 36.1 Å². The monoisotopic (exact) mass is 182 g/mol. The van der Waals surface area contributed by atoms with Gasteiger partial charge in [-0.1, -0.05) is 39.5 Å². The number of ether oxygens (including phenoxy) is 1. The Morgan fingerprint density at radius 2 is 1.92 bits per heavy atom. The fraction of sp³-hybridized carbons (Fsp3) is 0.500. The molecule has 76 valence electrons. The Bertz CT molecular complexity index is 176. The summed E-state index contributed by atoms with van der Waals surface area (Å²) in [6, 6.07) is 0. The topological polar surface area (TPSA) is 9.23 Å². The molecule has 0 rings (SSSR count). The Morgan fingerprint density at radius 1 is 1.38 bits per heavy atom. The number of rotatable bonds is 4. The number of methoxy groups -OCH3 is 1. The summed E-state index contributed by atoms with van der Waals surface area (Å²) in [6.45, 7) is 11.7. The van der Waals surface area contributed by atoms with E-state index in [0.29, 0.717) is 0 Å². The normalized spacial score (nSPS) is 11.5. The van der Waals surface area contributed by atoms with Gasteiger partial charge < -0.3 is 4.74 Å². The molecule has 0 saturated heterocycles. The standard InChI is InChI=1S/C10H16O.C2H6/c1-5-8-9(6-2)10(7-3)11-4;1-2/h5,7-8H,1,6H2,2-4H3;1-2H3/b9-8-,10-7+;. The van der Waals surface area contributed by atoms with Gasteiger partial charge in [0.15, 0.2) is 0 Å². The van der Waals surface area contributed by atoms with E-state index in [1.54, 1.807) is 13.2 Å². The summed E-state index contributed by atoms with van der Waals surface area (Å²) in [5, 5.41) is 0. The molecule has 0 saturated carbocycles. The fourth-order valence-electron chi connectivity index (χ4n) is 0.951. The summed E-state index contributed by atoms with van der Waals surface area (Å²) < 4.78 is 5.15. The van der Waals surface area contributed by atoms with Crippen molar-refractivity contribution in [1.82, 2.24) is 0 Å². The molecule has 0 aliphatic rings. The average Bonchev–Trinajstić information content (AvgIpc) is 2.21. The lowest BCUT2D eigenvalue weighted by Crippen LogP contribution is -1.90.